The third kappa shape index (κ3) is 4.87. The van der Waals surface area contributed by atoms with E-state index in [-0.39, 0.29) is 0 Å². The molecular formula is C20H23NO3S. The molecule has 0 amide bonds. The van der Waals surface area contributed by atoms with Gasteiger partial charge in [-0.25, -0.2) is 13.7 Å². The number of carbonyl (C=O) groups is 1. The molecule has 5 heteroatoms. The van der Waals surface area contributed by atoms with Gasteiger partial charge in [0.1, 0.15) is 11.0 Å². The number of aryl methyl sites for hydroxylation is 2. The van der Waals surface area contributed by atoms with Gasteiger partial charge in [0, 0.05) is 0 Å². The number of hydrogen-bond donors (Lipinski definition) is 1. The summed E-state index contributed by atoms with van der Waals surface area (Å²) in [6.45, 7) is 5.74. The first-order chi connectivity index (χ1) is 12.0. The summed E-state index contributed by atoms with van der Waals surface area (Å²) < 4.78 is 20.7. The van der Waals surface area contributed by atoms with Crippen molar-refractivity contribution >= 4 is 17.0 Å². The largest absolute Gasteiger partial charge is 0.466 e. The van der Waals surface area contributed by atoms with E-state index in [0.717, 1.165) is 16.7 Å². The van der Waals surface area contributed by atoms with Crippen LogP contribution < -0.4 is 4.72 Å². The molecule has 25 heavy (non-hydrogen) atoms. The third-order valence-electron chi connectivity index (χ3n) is 3.91. The number of benzene rings is 2. The predicted molar refractivity (Wildman–Crippen MR) is 100 cm³/mol. The second kappa shape index (κ2) is 8.74. The summed E-state index contributed by atoms with van der Waals surface area (Å²) in [5.74, 6) is -0.443. The molecule has 0 radical (unpaired) electrons. The molecule has 132 valence electrons. The number of allylic oxidation sites excluding steroid dienone is 1. The molecule has 2 aromatic carbocycles. The van der Waals surface area contributed by atoms with Crippen LogP contribution in [0.3, 0.4) is 0 Å². The average molecular weight is 357 g/mol. The molecule has 0 heterocycles. The number of nitrogens with one attached hydrogen (secondary N) is 1. The van der Waals surface area contributed by atoms with Crippen molar-refractivity contribution < 1.29 is 13.7 Å². The van der Waals surface area contributed by atoms with Crippen molar-refractivity contribution in [2.45, 2.75) is 31.7 Å². The average Bonchev–Trinajstić information content (AvgIpc) is 2.62. The fourth-order valence-corrected chi connectivity index (χ4v) is 3.42. The van der Waals surface area contributed by atoms with E-state index < -0.39 is 23.0 Å². The van der Waals surface area contributed by atoms with Crippen molar-refractivity contribution in [3.63, 3.8) is 0 Å². The third-order valence-corrected chi connectivity index (χ3v) is 5.06. The number of rotatable bonds is 6. The summed E-state index contributed by atoms with van der Waals surface area (Å²) >= 11 is 0. The van der Waals surface area contributed by atoms with E-state index in [4.69, 9.17) is 4.74 Å². The molecule has 0 fully saturated rings. The Bertz CT molecular complexity index is 780. The van der Waals surface area contributed by atoms with Crippen LogP contribution in [0.2, 0.25) is 0 Å². The van der Waals surface area contributed by atoms with Gasteiger partial charge in [0.2, 0.25) is 0 Å². The van der Waals surface area contributed by atoms with E-state index in [1.54, 1.807) is 13.0 Å². The van der Waals surface area contributed by atoms with Gasteiger partial charge in [-0.15, -0.1) is 0 Å². The Balaban J connectivity index is 2.37. The molecule has 0 bridgehead atoms. The van der Waals surface area contributed by atoms with Crippen LogP contribution in [0.25, 0.3) is 0 Å². The van der Waals surface area contributed by atoms with Crippen molar-refractivity contribution in [2.75, 3.05) is 7.11 Å². The lowest BCUT2D eigenvalue weighted by molar-refractivity contribution is -0.136. The second-order valence-corrected chi connectivity index (χ2v) is 7.02. The highest BCUT2D eigenvalue weighted by molar-refractivity contribution is 7.83. The molecule has 2 atom stereocenters. The van der Waals surface area contributed by atoms with Crippen LogP contribution in [0.1, 0.15) is 29.7 Å². The van der Waals surface area contributed by atoms with E-state index in [2.05, 4.69) is 4.72 Å². The van der Waals surface area contributed by atoms with Gasteiger partial charge in [0.15, 0.2) is 0 Å². The van der Waals surface area contributed by atoms with Gasteiger partial charge in [-0.2, -0.15) is 0 Å². The number of hydrogen-bond acceptors (Lipinski definition) is 3. The number of esters is 1. The SMILES string of the molecule is C/C=C(\C(=O)OC)[C@@H](NS(=O)c1ccc(C)cc1)c1ccc(C)cc1. The molecule has 0 aliphatic carbocycles. The molecule has 0 saturated carbocycles. The fourth-order valence-electron chi connectivity index (χ4n) is 2.43. The minimum atomic E-state index is -1.47. The summed E-state index contributed by atoms with van der Waals surface area (Å²) in [6.07, 6.45) is 1.69. The summed E-state index contributed by atoms with van der Waals surface area (Å²) in [5, 5.41) is 0. The molecule has 4 nitrogen and oxygen atoms in total. The van der Waals surface area contributed by atoms with Crippen LogP contribution in [0.4, 0.5) is 0 Å². The molecule has 1 N–H and O–H groups in total. The van der Waals surface area contributed by atoms with E-state index in [1.165, 1.54) is 7.11 Å². The molecule has 0 aliphatic rings. The van der Waals surface area contributed by atoms with Crippen LogP contribution in [-0.2, 0) is 20.5 Å². The highest BCUT2D eigenvalue weighted by atomic mass is 32.2. The van der Waals surface area contributed by atoms with Crippen molar-refractivity contribution in [3.05, 3.63) is 76.9 Å². The minimum Gasteiger partial charge on any atom is -0.466 e. The maximum atomic E-state index is 12.8. The minimum absolute atomic E-state index is 0.423. The molecule has 2 aromatic rings. The zero-order valence-corrected chi connectivity index (χ0v) is 15.7. The molecule has 2 rings (SSSR count). The summed E-state index contributed by atoms with van der Waals surface area (Å²) in [5.41, 5.74) is 3.48. The van der Waals surface area contributed by atoms with Gasteiger partial charge in [-0.1, -0.05) is 53.6 Å². The molecular weight excluding hydrogens is 334 g/mol. The molecule has 0 saturated heterocycles. The van der Waals surface area contributed by atoms with Gasteiger partial charge >= 0.3 is 5.97 Å². The number of ether oxygens (including phenoxy) is 1. The Kier molecular flexibility index (Phi) is 6.67. The molecule has 0 aliphatic heterocycles. The Labute approximate surface area is 151 Å². The molecule has 0 spiro atoms. The topological polar surface area (TPSA) is 55.4 Å². The lowest BCUT2D eigenvalue weighted by Gasteiger charge is -2.20. The lowest BCUT2D eigenvalue weighted by atomic mass is 9.98. The van der Waals surface area contributed by atoms with Gasteiger partial charge < -0.3 is 4.74 Å². The lowest BCUT2D eigenvalue weighted by Crippen LogP contribution is -2.29. The first-order valence-corrected chi connectivity index (χ1v) is 9.17. The maximum absolute atomic E-state index is 12.8. The Morgan fingerprint density at radius 1 is 1.04 bits per heavy atom. The summed E-state index contributed by atoms with van der Waals surface area (Å²) in [4.78, 5) is 12.8. The maximum Gasteiger partial charge on any atom is 0.335 e. The van der Waals surface area contributed by atoms with E-state index in [1.807, 2.05) is 62.4 Å². The zero-order chi connectivity index (χ0) is 18.4. The Morgan fingerprint density at radius 3 is 2.04 bits per heavy atom. The highest BCUT2D eigenvalue weighted by Crippen LogP contribution is 2.25. The fraction of sp³-hybridized carbons (Fsp3) is 0.250. The zero-order valence-electron chi connectivity index (χ0n) is 14.9. The highest BCUT2D eigenvalue weighted by Gasteiger charge is 2.25. The quantitative estimate of drug-likeness (QED) is 0.632. The number of methoxy groups -OCH3 is 1. The van der Waals surface area contributed by atoms with Gasteiger partial charge in [0.25, 0.3) is 0 Å². The van der Waals surface area contributed by atoms with E-state index in [0.29, 0.717) is 10.5 Å². The molecule has 0 aromatic heterocycles. The van der Waals surface area contributed by atoms with Gasteiger partial charge in [-0.3, -0.25) is 0 Å². The normalized spacial score (nSPS) is 14.0. The van der Waals surface area contributed by atoms with E-state index in [9.17, 15) is 9.00 Å². The van der Waals surface area contributed by atoms with E-state index >= 15 is 0 Å². The summed E-state index contributed by atoms with van der Waals surface area (Å²) in [6, 6.07) is 14.7. The Morgan fingerprint density at radius 2 is 1.56 bits per heavy atom. The van der Waals surface area contributed by atoms with Crippen molar-refractivity contribution in [3.8, 4) is 0 Å². The van der Waals surface area contributed by atoms with Crippen LogP contribution in [0, 0.1) is 13.8 Å². The van der Waals surface area contributed by atoms with Gasteiger partial charge in [-0.05, 0) is 38.5 Å². The van der Waals surface area contributed by atoms with Crippen LogP contribution in [0.5, 0.6) is 0 Å². The van der Waals surface area contributed by atoms with Crippen LogP contribution >= 0.6 is 0 Å². The van der Waals surface area contributed by atoms with Gasteiger partial charge in [0.05, 0.1) is 23.6 Å². The predicted octanol–water partition coefficient (Wildman–Crippen LogP) is 3.78. The van der Waals surface area contributed by atoms with Crippen LogP contribution in [0.15, 0.2) is 65.1 Å². The van der Waals surface area contributed by atoms with Crippen LogP contribution in [-0.4, -0.2) is 17.3 Å². The molecule has 1 unspecified atom stereocenters. The standard InChI is InChI=1S/C20H23NO3S/c1-5-18(20(22)24-4)19(16-10-6-14(2)7-11-16)21-25(23)17-12-8-15(3)9-13-17/h5-13,19,21H,1-4H3/b18-5-/t19-,25?/m0/s1. The van der Waals surface area contributed by atoms with Crippen molar-refractivity contribution in [1.29, 1.82) is 0 Å². The first-order valence-electron chi connectivity index (χ1n) is 8.02. The number of carbonyl (C=O) groups excluding carboxylic acids is 1. The van der Waals surface area contributed by atoms with Crippen molar-refractivity contribution in [1.82, 2.24) is 4.72 Å². The Hall–Kier alpha value is -2.24. The smallest absolute Gasteiger partial charge is 0.335 e. The first kappa shape index (κ1) is 19.1. The summed E-state index contributed by atoms with van der Waals surface area (Å²) in [7, 11) is -0.125. The van der Waals surface area contributed by atoms with Crippen molar-refractivity contribution in [2.24, 2.45) is 0 Å². The monoisotopic (exact) mass is 357 g/mol. The second-order valence-electron chi connectivity index (χ2n) is 5.78.